The molecule has 0 aliphatic rings. The van der Waals surface area contributed by atoms with Crippen LogP contribution < -0.4 is 64.8 Å². The van der Waals surface area contributed by atoms with Gasteiger partial charge in [-0.15, -0.1) is 0 Å². The number of hydrogen-bond acceptors (Lipinski definition) is 7. The van der Waals surface area contributed by atoms with Crippen molar-refractivity contribution in [2.45, 2.75) is 97.4 Å². The topological polar surface area (TPSA) is 202 Å². The predicted octanol–water partition coefficient (Wildman–Crippen LogP) is -2.25. The number of aliphatic carboxylic acids is 1. The molecule has 1 atom stereocenters. The number of rotatable bonds is 15. The molecule has 0 aromatic heterocycles. The van der Waals surface area contributed by atoms with Crippen molar-refractivity contribution in [3.8, 4) is 0 Å². The largest absolute Gasteiger partial charge is 1.00 e. The van der Waals surface area contributed by atoms with Gasteiger partial charge in [0.2, 0.25) is 0 Å². The second-order valence-corrected chi connectivity index (χ2v) is 9.44. The number of hydrogen-bond donors (Lipinski definition) is 5. The Kier molecular flexibility index (Phi) is 37.2. The first-order valence-electron chi connectivity index (χ1n) is 10.4. The Bertz CT molecular complexity index is 635. The van der Waals surface area contributed by atoms with Gasteiger partial charge in [0.15, 0.2) is 0 Å². The van der Waals surface area contributed by atoms with Crippen LogP contribution in [0, 0.1) is 5.92 Å². The summed E-state index contributed by atoms with van der Waals surface area (Å²) in [6.07, 6.45) is 12.4. The van der Waals surface area contributed by atoms with E-state index in [-0.39, 0.29) is 68.6 Å². The Morgan fingerprint density at radius 3 is 1.42 bits per heavy atom. The van der Waals surface area contributed by atoms with E-state index in [1.54, 1.807) is 0 Å². The molecule has 11 nitrogen and oxygen atoms in total. The van der Waals surface area contributed by atoms with E-state index < -0.39 is 32.8 Å². The molecule has 194 valence electrons. The van der Waals surface area contributed by atoms with Crippen LogP contribution in [0.5, 0.6) is 0 Å². The Morgan fingerprint density at radius 2 is 1.18 bits per heavy atom. The molecule has 0 rings (SSSR count). The van der Waals surface area contributed by atoms with Gasteiger partial charge in [-0.25, -0.2) is 4.18 Å². The molecule has 0 bridgehead atoms. The van der Waals surface area contributed by atoms with Crippen LogP contribution in [0.4, 0.5) is 0 Å². The van der Waals surface area contributed by atoms with E-state index in [1.807, 2.05) is 13.8 Å². The fraction of sp³-hybridized carbons (Fsp3) is 0.944. The van der Waals surface area contributed by atoms with Crippen LogP contribution >= 0.6 is 0 Å². The van der Waals surface area contributed by atoms with Gasteiger partial charge in [0.05, 0.1) is 6.61 Å². The maximum atomic E-state index is 10.2. The summed E-state index contributed by atoms with van der Waals surface area (Å²) in [5.74, 6) is -0.556. The Labute approximate surface area is 247 Å². The molecule has 15 heteroatoms. The summed E-state index contributed by atoms with van der Waals surface area (Å²) >= 11 is 0. The number of carbonyl (C=O) groups is 1. The van der Waals surface area contributed by atoms with Gasteiger partial charge in [-0.3, -0.25) is 18.5 Å². The molecule has 33 heavy (non-hydrogen) atoms. The zero-order valence-electron chi connectivity index (χ0n) is 22.8. The maximum absolute atomic E-state index is 10.2. The van der Waals surface area contributed by atoms with E-state index in [0.29, 0.717) is 18.8 Å². The average molecular weight is 544 g/mol. The standard InChI is InChI=1S/C12H26O4S.C6H13NO2.2Na.H2O4S.2H/c1-2-3-4-5-6-7-8-9-10-11-12-16-17(13,14)15;1-4(2)3-5(7)6(8)9;;;1-5(2,3)4;;/h2-12H2,1H3,(H,13,14,15);4-5H,3,7H2,1-2H3,(H,8,9);;;(H2,1,2,3,4);;/q;;2*+1;;2*-1. The molecular formula is C18H43NNa2O10S2. The van der Waals surface area contributed by atoms with Crippen molar-refractivity contribution >= 4 is 26.8 Å². The normalized spacial score (nSPS) is 11.6. The summed E-state index contributed by atoms with van der Waals surface area (Å²) in [5, 5.41) is 8.31. The van der Waals surface area contributed by atoms with Crippen molar-refractivity contribution in [1.82, 2.24) is 0 Å². The van der Waals surface area contributed by atoms with E-state index in [1.165, 1.54) is 44.9 Å². The summed E-state index contributed by atoms with van der Waals surface area (Å²) in [6, 6.07) is -0.690. The molecule has 0 aliphatic carbocycles. The van der Waals surface area contributed by atoms with Crippen molar-refractivity contribution in [2.24, 2.45) is 11.7 Å². The molecular weight excluding hydrogens is 500 g/mol. The summed E-state index contributed by atoms with van der Waals surface area (Å²) in [5.41, 5.74) is 5.22. The van der Waals surface area contributed by atoms with Gasteiger partial charge in [-0.05, 0) is 18.8 Å². The predicted molar refractivity (Wildman–Crippen MR) is 121 cm³/mol. The fourth-order valence-electron chi connectivity index (χ4n) is 2.36. The number of carboxylic acid groups (broad SMARTS) is 1. The molecule has 0 heterocycles. The monoisotopic (exact) mass is 543 g/mol. The van der Waals surface area contributed by atoms with Crippen molar-refractivity contribution in [1.29, 1.82) is 0 Å². The third-order valence-electron chi connectivity index (χ3n) is 3.77. The second-order valence-electron chi connectivity index (χ2n) is 7.45. The summed E-state index contributed by atoms with van der Waals surface area (Å²) in [7, 11) is -8.90. The zero-order valence-corrected chi connectivity index (χ0v) is 26.4. The van der Waals surface area contributed by atoms with Crippen molar-refractivity contribution in [2.75, 3.05) is 6.61 Å². The van der Waals surface area contributed by atoms with Gasteiger partial charge in [0.25, 0.3) is 0 Å². The molecule has 1 unspecified atom stereocenters. The van der Waals surface area contributed by atoms with Crippen LogP contribution in [-0.4, -0.2) is 54.2 Å². The first kappa shape index (κ1) is 44.2. The van der Waals surface area contributed by atoms with Gasteiger partial charge >= 0.3 is 85.9 Å². The van der Waals surface area contributed by atoms with E-state index in [9.17, 15) is 13.2 Å². The molecule has 0 aromatic carbocycles. The minimum absolute atomic E-state index is 0. The van der Waals surface area contributed by atoms with Crippen molar-refractivity contribution in [3.05, 3.63) is 0 Å². The smallest absolute Gasteiger partial charge is 1.00 e. The first-order valence-corrected chi connectivity index (χ1v) is 13.2. The van der Waals surface area contributed by atoms with Gasteiger partial charge in [0.1, 0.15) is 6.04 Å². The molecule has 0 saturated carbocycles. The fourth-order valence-corrected chi connectivity index (χ4v) is 2.69. The second kappa shape index (κ2) is 27.8. The minimum atomic E-state index is -4.67. The van der Waals surface area contributed by atoms with Crippen LogP contribution in [0.25, 0.3) is 0 Å². The molecule has 0 aromatic rings. The first-order chi connectivity index (χ1) is 14.1. The number of unbranched alkanes of at least 4 members (excludes halogenated alkanes) is 9. The van der Waals surface area contributed by atoms with Crippen LogP contribution in [0.15, 0.2) is 0 Å². The Hall–Kier alpha value is 1.17. The summed E-state index contributed by atoms with van der Waals surface area (Å²) in [6.45, 7) is 6.20. The molecule has 0 saturated heterocycles. The van der Waals surface area contributed by atoms with Gasteiger partial charge in [0, 0.05) is 0 Å². The molecule has 6 N–H and O–H groups in total. The summed E-state index contributed by atoms with van der Waals surface area (Å²) < 4.78 is 64.6. The Morgan fingerprint density at radius 1 is 0.848 bits per heavy atom. The minimum Gasteiger partial charge on any atom is -1.00 e. The van der Waals surface area contributed by atoms with E-state index >= 15 is 0 Å². The quantitative estimate of drug-likeness (QED) is 0.0848. The number of carboxylic acids is 1. The van der Waals surface area contributed by atoms with Crippen LogP contribution in [0.1, 0.15) is 94.3 Å². The Balaban J connectivity index is -0.0000000745. The van der Waals surface area contributed by atoms with Gasteiger partial charge in [-0.2, -0.15) is 16.8 Å². The zero-order chi connectivity index (χ0) is 24.9. The third-order valence-corrected chi connectivity index (χ3v) is 4.24. The number of nitrogens with two attached hydrogens (primary N) is 1. The van der Waals surface area contributed by atoms with E-state index in [4.69, 9.17) is 32.9 Å². The van der Waals surface area contributed by atoms with Crippen molar-refractivity contribution < 1.29 is 107 Å². The molecule has 0 aliphatic heterocycles. The van der Waals surface area contributed by atoms with Crippen LogP contribution in [0.3, 0.4) is 0 Å². The van der Waals surface area contributed by atoms with E-state index in [2.05, 4.69) is 11.1 Å². The molecule has 0 amide bonds. The van der Waals surface area contributed by atoms with Crippen LogP contribution in [0.2, 0.25) is 0 Å². The van der Waals surface area contributed by atoms with Gasteiger partial charge in [-0.1, -0.05) is 78.6 Å². The average Bonchev–Trinajstić information content (AvgIpc) is 2.57. The molecule has 0 fully saturated rings. The SMILES string of the molecule is CC(C)CC(N)C(=O)O.CCCCCCCCCCCCOS(=O)(=O)O.O=S(=O)(O)O.[H-].[H-].[Na+].[Na+]. The van der Waals surface area contributed by atoms with Crippen molar-refractivity contribution in [3.63, 3.8) is 0 Å². The third kappa shape index (κ3) is 60.0. The van der Waals surface area contributed by atoms with Gasteiger partial charge < -0.3 is 13.7 Å². The van der Waals surface area contributed by atoms with Crippen LogP contribution in [-0.2, 0) is 29.8 Å². The van der Waals surface area contributed by atoms with E-state index in [0.717, 1.165) is 12.8 Å². The maximum Gasteiger partial charge on any atom is 1.00 e. The summed E-state index contributed by atoms with van der Waals surface area (Å²) in [4.78, 5) is 10.1. The molecule has 0 radical (unpaired) electrons. The molecule has 0 spiro atoms.